The first-order valence-electron chi connectivity index (χ1n) is 13.1. The number of aromatic nitrogens is 1. The highest BCUT2D eigenvalue weighted by Gasteiger charge is 2.29. The Balaban J connectivity index is 1.75. The van der Waals surface area contributed by atoms with Crippen LogP contribution in [0.3, 0.4) is 0 Å². The normalized spacial score (nSPS) is 14.1. The minimum Gasteiger partial charge on any atom is -0.506 e. The number of anilines is 2. The maximum Gasteiger partial charge on any atom is 0.410 e. The number of rotatable bonds is 5. The molecule has 10 heteroatoms. The van der Waals surface area contributed by atoms with Crippen LogP contribution in [0.1, 0.15) is 45.0 Å². The zero-order valence-corrected chi connectivity index (χ0v) is 24.3. The fraction of sp³-hybridized carbons (Fsp3) is 0.414. The van der Waals surface area contributed by atoms with E-state index in [2.05, 4.69) is 19.5 Å². The molecule has 2 aromatic carbocycles. The van der Waals surface area contributed by atoms with Crippen LogP contribution in [0.15, 0.2) is 47.3 Å². The lowest BCUT2D eigenvalue weighted by Gasteiger charge is -2.37. The Morgan fingerprint density at radius 2 is 1.74 bits per heavy atom. The molecule has 0 saturated carbocycles. The van der Waals surface area contributed by atoms with Crippen molar-refractivity contribution in [1.29, 1.82) is 0 Å². The first-order valence-corrected chi connectivity index (χ1v) is 13.7. The van der Waals surface area contributed by atoms with Gasteiger partial charge in [-0.25, -0.2) is 4.79 Å². The Morgan fingerprint density at radius 1 is 1.08 bits per heavy atom. The minimum absolute atomic E-state index is 0.126. The summed E-state index contributed by atoms with van der Waals surface area (Å²) in [5, 5.41) is 15.6. The largest absolute Gasteiger partial charge is 0.506 e. The number of pyridine rings is 1. The van der Waals surface area contributed by atoms with Crippen molar-refractivity contribution in [3.05, 3.63) is 58.4 Å². The summed E-state index contributed by atoms with van der Waals surface area (Å²) < 4.78 is 7.09. The van der Waals surface area contributed by atoms with Crippen LogP contribution in [0.5, 0.6) is 5.75 Å². The molecule has 1 aliphatic rings. The lowest BCUT2D eigenvalue weighted by atomic mass is 10.0. The third kappa shape index (κ3) is 6.36. The first-order chi connectivity index (χ1) is 18.4. The summed E-state index contributed by atoms with van der Waals surface area (Å²) in [5.74, 6) is -0.891. The van der Waals surface area contributed by atoms with Crippen molar-refractivity contribution in [2.24, 2.45) is 5.92 Å². The van der Waals surface area contributed by atoms with Gasteiger partial charge >= 0.3 is 6.09 Å². The Bertz CT molecular complexity index is 1450. The van der Waals surface area contributed by atoms with E-state index in [4.69, 9.17) is 4.74 Å². The van der Waals surface area contributed by atoms with Crippen molar-refractivity contribution < 1.29 is 19.4 Å². The quantitative estimate of drug-likeness (QED) is 0.461. The lowest BCUT2D eigenvalue weighted by molar-refractivity contribution is 0.0240. The van der Waals surface area contributed by atoms with Gasteiger partial charge in [-0.1, -0.05) is 32.0 Å². The van der Waals surface area contributed by atoms with Crippen LogP contribution in [0.25, 0.3) is 10.9 Å². The Morgan fingerprint density at radius 3 is 2.36 bits per heavy atom. The molecule has 1 atom stereocenters. The number of nitrogens with one attached hydrogen (secondary N) is 1. The van der Waals surface area contributed by atoms with Gasteiger partial charge in [-0.3, -0.25) is 9.59 Å². The van der Waals surface area contributed by atoms with Gasteiger partial charge in [0.15, 0.2) is 0 Å². The molecular weight excluding hydrogens is 515 g/mol. The number of benzene rings is 2. The van der Waals surface area contributed by atoms with E-state index >= 15 is 0 Å². The number of amides is 2. The molecule has 208 valence electrons. The van der Waals surface area contributed by atoms with Crippen molar-refractivity contribution in [3.63, 3.8) is 0 Å². The SMILES string of the molecule is CC(C)Cn1c(=O)c(C(=O)Nc2cccc(P)c2)c(O)c2c(N3CCN(C(=O)OC(C)(C)C)CC3)cccc21. The molecule has 2 N–H and O–H groups in total. The zero-order chi connectivity index (χ0) is 28.5. The predicted octanol–water partition coefficient (Wildman–Crippen LogP) is 4.17. The Kier molecular flexibility index (Phi) is 8.21. The van der Waals surface area contributed by atoms with Crippen LogP contribution in [0, 0.1) is 5.92 Å². The maximum atomic E-state index is 13.6. The smallest absolute Gasteiger partial charge is 0.410 e. The van der Waals surface area contributed by atoms with Gasteiger partial charge in [0.2, 0.25) is 0 Å². The van der Waals surface area contributed by atoms with E-state index in [9.17, 15) is 19.5 Å². The van der Waals surface area contributed by atoms with Gasteiger partial charge in [0, 0.05) is 44.1 Å². The molecule has 0 aliphatic carbocycles. The summed E-state index contributed by atoms with van der Waals surface area (Å²) in [7, 11) is 2.57. The van der Waals surface area contributed by atoms with Crippen LogP contribution in [0.4, 0.5) is 16.2 Å². The summed E-state index contributed by atoms with van der Waals surface area (Å²) in [4.78, 5) is 43.3. The number of aromatic hydroxyl groups is 1. The molecule has 2 amide bonds. The van der Waals surface area contributed by atoms with E-state index in [-0.39, 0.29) is 23.3 Å². The molecule has 1 fully saturated rings. The number of carbonyl (C=O) groups excluding carboxylic acids is 2. The van der Waals surface area contributed by atoms with Crippen molar-refractivity contribution in [1.82, 2.24) is 9.47 Å². The van der Waals surface area contributed by atoms with Gasteiger partial charge in [-0.05, 0) is 56.3 Å². The van der Waals surface area contributed by atoms with E-state index in [1.165, 1.54) is 0 Å². The molecule has 39 heavy (non-hydrogen) atoms. The Hall–Kier alpha value is -3.58. The zero-order valence-electron chi connectivity index (χ0n) is 23.2. The molecule has 3 aromatic rings. The van der Waals surface area contributed by atoms with Crippen LogP contribution >= 0.6 is 9.24 Å². The topological polar surface area (TPSA) is 104 Å². The van der Waals surface area contributed by atoms with Gasteiger partial charge < -0.3 is 29.5 Å². The number of piperazine rings is 1. The molecule has 0 bridgehead atoms. The molecule has 0 radical (unpaired) electrons. The molecule has 9 nitrogen and oxygen atoms in total. The number of carbonyl (C=O) groups is 2. The van der Waals surface area contributed by atoms with Gasteiger partial charge in [-0.15, -0.1) is 9.24 Å². The van der Waals surface area contributed by atoms with E-state index in [1.54, 1.807) is 33.7 Å². The number of nitrogens with zero attached hydrogens (tertiary/aromatic N) is 3. The minimum atomic E-state index is -0.669. The van der Waals surface area contributed by atoms with Crippen LogP contribution in [-0.4, -0.2) is 58.4 Å². The standard InChI is InChI=1S/C29H37N4O5P/c1-18(2)17-33-22-11-7-10-21(31-12-14-32(15-13-31)28(37)38-29(3,4)5)23(22)25(34)24(27(33)36)26(35)30-19-8-6-9-20(39)16-19/h6-11,16,18,34H,12-15,17,39H2,1-5H3,(H,30,35). The number of hydrogen-bond acceptors (Lipinski definition) is 6. The maximum absolute atomic E-state index is 13.6. The molecule has 0 spiro atoms. The number of hydrogen-bond donors (Lipinski definition) is 2. The van der Waals surface area contributed by atoms with Gasteiger partial charge in [-0.2, -0.15) is 0 Å². The van der Waals surface area contributed by atoms with Gasteiger partial charge in [0.1, 0.15) is 16.9 Å². The highest BCUT2D eigenvalue weighted by molar-refractivity contribution is 7.27. The third-order valence-electron chi connectivity index (χ3n) is 6.44. The van der Waals surface area contributed by atoms with E-state index < -0.39 is 17.1 Å². The molecule has 1 aromatic heterocycles. The second-order valence-electron chi connectivity index (χ2n) is 11.2. The number of fused-ring (bicyclic) bond motifs is 1. The van der Waals surface area contributed by atoms with Crippen molar-refractivity contribution in [2.75, 3.05) is 36.4 Å². The summed E-state index contributed by atoms with van der Waals surface area (Å²) in [6.45, 7) is 11.8. The molecular formula is C29H37N4O5P. The second kappa shape index (κ2) is 11.3. The summed E-state index contributed by atoms with van der Waals surface area (Å²) in [6, 6.07) is 12.7. The Labute approximate surface area is 230 Å². The highest BCUT2D eigenvalue weighted by Crippen LogP contribution is 2.36. The average molecular weight is 553 g/mol. The summed E-state index contributed by atoms with van der Waals surface area (Å²) >= 11 is 0. The summed E-state index contributed by atoms with van der Waals surface area (Å²) in [5.41, 5.74) is 0.365. The third-order valence-corrected chi connectivity index (χ3v) is 6.79. The van der Waals surface area contributed by atoms with Crippen LogP contribution in [-0.2, 0) is 11.3 Å². The fourth-order valence-electron chi connectivity index (χ4n) is 4.75. The average Bonchev–Trinajstić information content (AvgIpc) is 2.85. The van der Waals surface area contributed by atoms with Crippen molar-refractivity contribution >= 4 is 48.8 Å². The van der Waals surface area contributed by atoms with Crippen LogP contribution < -0.4 is 21.1 Å². The fourth-order valence-corrected chi connectivity index (χ4v) is 5.04. The summed E-state index contributed by atoms with van der Waals surface area (Å²) in [6.07, 6.45) is -0.359. The van der Waals surface area contributed by atoms with Gasteiger partial charge in [0.25, 0.3) is 11.5 Å². The molecule has 1 saturated heterocycles. The van der Waals surface area contributed by atoms with Crippen LogP contribution in [0.2, 0.25) is 0 Å². The highest BCUT2D eigenvalue weighted by atomic mass is 31.0. The predicted molar refractivity (Wildman–Crippen MR) is 158 cm³/mol. The van der Waals surface area contributed by atoms with E-state index in [0.717, 1.165) is 5.30 Å². The second-order valence-corrected chi connectivity index (χ2v) is 11.9. The molecule has 4 rings (SSSR count). The lowest BCUT2D eigenvalue weighted by Crippen LogP contribution is -2.50. The molecule has 2 heterocycles. The van der Waals surface area contributed by atoms with Gasteiger partial charge in [0.05, 0.1) is 10.9 Å². The van der Waals surface area contributed by atoms with E-state index in [1.807, 2.05) is 52.8 Å². The van der Waals surface area contributed by atoms with E-state index in [0.29, 0.717) is 55.0 Å². The molecule has 1 unspecified atom stereocenters. The molecule has 1 aliphatic heterocycles. The van der Waals surface area contributed by atoms with Crippen molar-refractivity contribution in [3.8, 4) is 5.75 Å². The monoisotopic (exact) mass is 552 g/mol. The first kappa shape index (κ1) is 28.4. The van der Waals surface area contributed by atoms with Crippen molar-refractivity contribution in [2.45, 2.75) is 46.8 Å². The number of ether oxygens (including phenoxy) is 1.